The number of aromatic nitrogens is 1. The van der Waals surface area contributed by atoms with Crippen LogP contribution in [0.5, 0.6) is 0 Å². The molecule has 2 heterocycles. The number of aryl methyl sites for hydroxylation is 2. The molecule has 5 nitrogen and oxygen atoms in total. The Kier molecular flexibility index (Phi) is 3.32. The van der Waals surface area contributed by atoms with Crippen LogP contribution in [0.4, 0.5) is 5.82 Å². The maximum Gasteiger partial charge on any atom is 0.251 e. The number of nitrogens with one attached hydrogen (secondary N) is 1. The predicted molar refractivity (Wildman–Crippen MR) is 68.0 cm³/mol. The Morgan fingerprint density at radius 3 is 2.78 bits per heavy atom. The Hall–Kier alpha value is -2.30. The minimum absolute atomic E-state index is 0.193. The van der Waals surface area contributed by atoms with Crippen molar-refractivity contribution in [3.63, 3.8) is 0 Å². The largest absolute Gasteiger partial charge is 0.465 e. The average molecular weight is 245 g/mol. The standard InChI is InChI=1S/C13H15N3O2/c1-8-5-10(6-12(14)16-8)13(17)15-7-11-4-3-9(2)18-11/h3-6H,7H2,1-2H3,(H2,14,16)(H,15,17). The summed E-state index contributed by atoms with van der Waals surface area (Å²) in [7, 11) is 0. The van der Waals surface area contributed by atoms with Gasteiger partial charge in [0.1, 0.15) is 17.3 Å². The van der Waals surface area contributed by atoms with Gasteiger partial charge in [-0.3, -0.25) is 4.79 Å². The number of hydrogen-bond acceptors (Lipinski definition) is 4. The molecular formula is C13H15N3O2. The monoisotopic (exact) mass is 245 g/mol. The lowest BCUT2D eigenvalue weighted by atomic mass is 10.2. The molecule has 0 fully saturated rings. The van der Waals surface area contributed by atoms with Gasteiger partial charge in [0.15, 0.2) is 0 Å². The summed E-state index contributed by atoms with van der Waals surface area (Å²) in [5, 5.41) is 2.77. The first kappa shape index (κ1) is 12.2. The van der Waals surface area contributed by atoms with Crippen molar-refractivity contribution in [2.45, 2.75) is 20.4 Å². The van der Waals surface area contributed by atoms with Gasteiger partial charge in [-0.25, -0.2) is 4.98 Å². The number of nitrogens with two attached hydrogens (primary N) is 1. The molecule has 3 N–H and O–H groups in total. The van der Waals surface area contributed by atoms with Crippen LogP contribution >= 0.6 is 0 Å². The van der Waals surface area contributed by atoms with E-state index in [9.17, 15) is 4.79 Å². The summed E-state index contributed by atoms with van der Waals surface area (Å²) in [6.07, 6.45) is 0. The number of carbonyl (C=O) groups excluding carboxylic acids is 1. The summed E-state index contributed by atoms with van der Waals surface area (Å²) in [4.78, 5) is 15.9. The fourth-order valence-corrected chi connectivity index (χ4v) is 1.67. The molecule has 0 saturated carbocycles. The van der Waals surface area contributed by atoms with Crippen molar-refractivity contribution in [3.05, 3.63) is 47.0 Å². The molecule has 0 radical (unpaired) electrons. The fourth-order valence-electron chi connectivity index (χ4n) is 1.67. The molecule has 0 aliphatic carbocycles. The summed E-state index contributed by atoms with van der Waals surface area (Å²) < 4.78 is 5.37. The summed E-state index contributed by atoms with van der Waals surface area (Å²) in [5.74, 6) is 1.69. The molecule has 5 heteroatoms. The van der Waals surface area contributed by atoms with Crippen LogP contribution in [0.3, 0.4) is 0 Å². The van der Waals surface area contributed by atoms with Crippen LogP contribution in [-0.4, -0.2) is 10.9 Å². The number of pyridine rings is 1. The number of nitrogens with zero attached hydrogens (tertiary/aromatic N) is 1. The molecule has 2 aromatic rings. The topological polar surface area (TPSA) is 81.2 Å². The highest BCUT2D eigenvalue weighted by Gasteiger charge is 2.08. The molecule has 0 bridgehead atoms. The number of amides is 1. The number of rotatable bonds is 3. The summed E-state index contributed by atoms with van der Waals surface area (Å²) >= 11 is 0. The Balaban J connectivity index is 2.03. The van der Waals surface area contributed by atoms with Crippen molar-refractivity contribution in [1.82, 2.24) is 10.3 Å². The van der Waals surface area contributed by atoms with E-state index in [0.29, 0.717) is 23.6 Å². The summed E-state index contributed by atoms with van der Waals surface area (Å²) in [5.41, 5.74) is 6.82. The first-order chi connectivity index (χ1) is 8.54. The van der Waals surface area contributed by atoms with Crippen LogP contribution in [0.2, 0.25) is 0 Å². The van der Waals surface area contributed by atoms with E-state index < -0.39 is 0 Å². The van der Waals surface area contributed by atoms with Gasteiger partial charge in [-0.15, -0.1) is 0 Å². The number of carbonyl (C=O) groups is 1. The summed E-state index contributed by atoms with van der Waals surface area (Å²) in [6.45, 7) is 4.01. The SMILES string of the molecule is Cc1cc(C(=O)NCc2ccc(C)o2)cc(N)n1. The highest BCUT2D eigenvalue weighted by molar-refractivity contribution is 5.94. The van der Waals surface area contributed by atoms with Gasteiger partial charge >= 0.3 is 0 Å². The Bertz CT molecular complexity index is 555. The molecule has 0 spiro atoms. The molecule has 0 saturated heterocycles. The van der Waals surface area contributed by atoms with Crippen molar-refractivity contribution in [3.8, 4) is 0 Å². The van der Waals surface area contributed by atoms with E-state index in [1.54, 1.807) is 19.1 Å². The van der Waals surface area contributed by atoms with Crippen LogP contribution in [0.1, 0.15) is 27.6 Å². The number of nitrogen functional groups attached to an aromatic ring is 1. The zero-order valence-corrected chi connectivity index (χ0v) is 10.4. The first-order valence-electron chi connectivity index (χ1n) is 5.62. The minimum Gasteiger partial charge on any atom is -0.465 e. The van der Waals surface area contributed by atoms with E-state index in [1.165, 1.54) is 0 Å². The molecule has 0 aliphatic rings. The first-order valence-corrected chi connectivity index (χ1v) is 5.62. The molecule has 1 amide bonds. The lowest BCUT2D eigenvalue weighted by Gasteiger charge is -2.05. The zero-order valence-electron chi connectivity index (χ0n) is 10.4. The Morgan fingerprint density at radius 1 is 1.39 bits per heavy atom. The highest BCUT2D eigenvalue weighted by atomic mass is 16.3. The predicted octanol–water partition coefficient (Wildman–Crippen LogP) is 1.80. The third kappa shape index (κ3) is 2.88. The quantitative estimate of drug-likeness (QED) is 0.864. The van der Waals surface area contributed by atoms with Crippen LogP contribution in [0.25, 0.3) is 0 Å². The fraction of sp³-hybridized carbons (Fsp3) is 0.231. The number of anilines is 1. The Labute approximate surface area is 105 Å². The average Bonchev–Trinajstić information content (AvgIpc) is 2.70. The van der Waals surface area contributed by atoms with Gasteiger partial charge < -0.3 is 15.5 Å². The van der Waals surface area contributed by atoms with E-state index in [1.807, 2.05) is 19.1 Å². The molecule has 0 aromatic carbocycles. The van der Waals surface area contributed by atoms with Crippen molar-refractivity contribution in [2.75, 3.05) is 5.73 Å². The lowest BCUT2D eigenvalue weighted by Crippen LogP contribution is -2.23. The van der Waals surface area contributed by atoms with Gasteiger partial charge in [0.2, 0.25) is 0 Å². The van der Waals surface area contributed by atoms with Gasteiger partial charge in [0.05, 0.1) is 6.54 Å². The maximum absolute atomic E-state index is 11.9. The molecule has 18 heavy (non-hydrogen) atoms. The summed E-state index contributed by atoms with van der Waals surface area (Å²) in [6, 6.07) is 6.94. The Morgan fingerprint density at radius 2 is 2.17 bits per heavy atom. The van der Waals surface area contributed by atoms with Gasteiger partial charge in [-0.2, -0.15) is 0 Å². The minimum atomic E-state index is -0.193. The van der Waals surface area contributed by atoms with E-state index >= 15 is 0 Å². The van der Waals surface area contributed by atoms with Gasteiger partial charge in [0.25, 0.3) is 5.91 Å². The van der Waals surface area contributed by atoms with Crippen molar-refractivity contribution >= 4 is 11.7 Å². The van der Waals surface area contributed by atoms with E-state index in [-0.39, 0.29) is 5.91 Å². The highest BCUT2D eigenvalue weighted by Crippen LogP contribution is 2.09. The molecule has 0 atom stereocenters. The van der Waals surface area contributed by atoms with Crippen molar-refractivity contribution in [1.29, 1.82) is 0 Å². The second-order valence-electron chi connectivity index (χ2n) is 4.12. The molecule has 94 valence electrons. The van der Waals surface area contributed by atoms with Crippen LogP contribution in [0.15, 0.2) is 28.7 Å². The van der Waals surface area contributed by atoms with Crippen LogP contribution < -0.4 is 11.1 Å². The second kappa shape index (κ2) is 4.91. The van der Waals surface area contributed by atoms with Crippen LogP contribution in [0, 0.1) is 13.8 Å². The zero-order chi connectivity index (χ0) is 13.1. The smallest absolute Gasteiger partial charge is 0.251 e. The third-order valence-corrected chi connectivity index (χ3v) is 2.45. The number of furan rings is 1. The van der Waals surface area contributed by atoms with Gasteiger partial charge in [-0.05, 0) is 38.1 Å². The third-order valence-electron chi connectivity index (χ3n) is 2.45. The van der Waals surface area contributed by atoms with E-state index in [4.69, 9.17) is 10.2 Å². The lowest BCUT2D eigenvalue weighted by molar-refractivity contribution is 0.0947. The molecule has 0 aliphatic heterocycles. The molecule has 2 rings (SSSR count). The van der Waals surface area contributed by atoms with Crippen LogP contribution in [-0.2, 0) is 6.54 Å². The normalized spacial score (nSPS) is 10.3. The van der Waals surface area contributed by atoms with Gasteiger partial charge in [-0.1, -0.05) is 0 Å². The maximum atomic E-state index is 11.9. The van der Waals surface area contributed by atoms with Gasteiger partial charge in [0, 0.05) is 11.3 Å². The van der Waals surface area contributed by atoms with E-state index in [0.717, 1.165) is 11.5 Å². The van der Waals surface area contributed by atoms with Crippen molar-refractivity contribution in [2.24, 2.45) is 0 Å². The van der Waals surface area contributed by atoms with Crippen molar-refractivity contribution < 1.29 is 9.21 Å². The second-order valence-corrected chi connectivity index (χ2v) is 4.12. The molecular weight excluding hydrogens is 230 g/mol. The van der Waals surface area contributed by atoms with E-state index in [2.05, 4.69) is 10.3 Å². The molecule has 0 unspecified atom stereocenters. The number of hydrogen-bond donors (Lipinski definition) is 2. The molecule has 2 aromatic heterocycles.